The van der Waals surface area contributed by atoms with Gasteiger partial charge in [0.1, 0.15) is 5.82 Å². The van der Waals surface area contributed by atoms with E-state index in [2.05, 4.69) is 5.32 Å². The van der Waals surface area contributed by atoms with E-state index in [-0.39, 0.29) is 17.0 Å². The van der Waals surface area contributed by atoms with Crippen molar-refractivity contribution >= 4 is 28.9 Å². The number of benzene rings is 2. The largest absolute Gasteiger partial charge is 0.494 e. The SMILES string of the molecule is COc1c(N)cccc1C(=O)Nc1cc(Cl)ccc1F. The molecule has 0 spiro atoms. The Morgan fingerprint density at radius 2 is 2.10 bits per heavy atom. The highest BCUT2D eigenvalue weighted by molar-refractivity contribution is 6.31. The number of rotatable bonds is 3. The standard InChI is InChI=1S/C14H12ClFN2O2/c1-20-13-9(3-2-4-11(13)17)14(19)18-12-7-8(15)5-6-10(12)16/h2-7H,17H2,1H3,(H,18,19). The smallest absolute Gasteiger partial charge is 0.259 e. The van der Waals surface area contributed by atoms with E-state index in [1.807, 2.05) is 0 Å². The molecule has 104 valence electrons. The van der Waals surface area contributed by atoms with Crippen molar-refractivity contribution in [1.82, 2.24) is 0 Å². The molecule has 3 N–H and O–H groups in total. The fourth-order valence-corrected chi connectivity index (χ4v) is 1.92. The number of nitrogens with one attached hydrogen (secondary N) is 1. The van der Waals surface area contributed by atoms with E-state index in [0.717, 1.165) is 0 Å². The summed E-state index contributed by atoms with van der Waals surface area (Å²) >= 11 is 5.77. The molecule has 0 bridgehead atoms. The van der Waals surface area contributed by atoms with Crippen LogP contribution < -0.4 is 15.8 Å². The van der Waals surface area contributed by atoms with Crippen LogP contribution in [0.15, 0.2) is 36.4 Å². The first kappa shape index (κ1) is 14.1. The van der Waals surface area contributed by atoms with Gasteiger partial charge in [0, 0.05) is 5.02 Å². The van der Waals surface area contributed by atoms with E-state index < -0.39 is 11.7 Å². The minimum Gasteiger partial charge on any atom is -0.494 e. The fraction of sp³-hybridized carbons (Fsp3) is 0.0714. The van der Waals surface area contributed by atoms with E-state index in [9.17, 15) is 9.18 Å². The predicted octanol–water partition coefficient (Wildman–Crippen LogP) is 3.32. The molecule has 0 aliphatic rings. The molecule has 0 saturated carbocycles. The number of ether oxygens (including phenoxy) is 1. The molecule has 0 aliphatic heterocycles. The van der Waals surface area contributed by atoms with Crippen molar-refractivity contribution < 1.29 is 13.9 Å². The van der Waals surface area contributed by atoms with Gasteiger partial charge in [0.2, 0.25) is 0 Å². The van der Waals surface area contributed by atoms with E-state index in [0.29, 0.717) is 10.7 Å². The minimum absolute atomic E-state index is 0.00743. The van der Waals surface area contributed by atoms with Gasteiger partial charge in [-0.1, -0.05) is 17.7 Å². The molecule has 20 heavy (non-hydrogen) atoms. The third-order valence-corrected chi connectivity index (χ3v) is 2.91. The molecule has 0 saturated heterocycles. The van der Waals surface area contributed by atoms with Crippen molar-refractivity contribution in [3.63, 3.8) is 0 Å². The average Bonchev–Trinajstić information content (AvgIpc) is 2.42. The summed E-state index contributed by atoms with van der Waals surface area (Å²) in [7, 11) is 1.41. The maximum atomic E-state index is 13.6. The molecule has 4 nitrogen and oxygen atoms in total. The molecule has 0 radical (unpaired) electrons. The summed E-state index contributed by atoms with van der Waals surface area (Å²) in [5.41, 5.74) is 6.25. The highest BCUT2D eigenvalue weighted by atomic mass is 35.5. The lowest BCUT2D eigenvalue weighted by Crippen LogP contribution is -2.14. The van der Waals surface area contributed by atoms with E-state index in [1.54, 1.807) is 12.1 Å². The second kappa shape index (κ2) is 5.79. The zero-order valence-corrected chi connectivity index (χ0v) is 11.4. The molecule has 2 aromatic carbocycles. The number of nitrogen functional groups attached to an aromatic ring is 1. The Balaban J connectivity index is 2.33. The predicted molar refractivity (Wildman–Crippen MR) is 76.8 cm³/mol. The Morgan fingerprint density at radius 3 is 2.80 bits per heavy atom. The second-order valence-corrected chi connectivity index (χ2v) is 4.44. The van der Waals surface area contributed by atoms with Crippen LogP contribution in [0.4, 0.5) is 15.8 Å². The fourth-order valence-electron chi connectivity index (χ4n) is 1.74. The zero-order chi connectivity index (χ0) is 14.7. The number of amides is 1. The maximum Gasteiger partial charge on any atom is 0.259 e. The molecule has 2 aromatic rings. The molecular weight excluding hydrogens is 283 g/mol. The number of hydrogen-bond acceptors (Lipinski definition) is 3. The number of carbonyl (C=O) groups excluding carboxylic acids is 1. The van der Waals surface area contributed by atoms with Crippen LogP contribution in [0.5, 0.6) is 5.75 Å². The zero-order valence-electron chi connectivity index (χ0n) is 10.6. The molecule has 6 heteroatoms. The van der Waals surface area contributed by atoms with Crippen LogP contribution in [-0.2, 0) is 0 Å². The molecule has 0 fully saturated rings. The summed E-state index contributed by atoms with van der Waals surface area (Å²) in [4.78, 5) is 12.2. The number of anilines is 2. The topological polar surface area (TPSA) is 64.3 Å². The van der Waals surface area contributed by atoms with Crippen LogP contribution in [0.1, 0.15) is 10.4 Å². The lowest BCUT2D eigenvalue weighted by Gasteiger charge is -2.11. The van der Waals surface area contributed by atoms with Gasteiger partial charge in [-0.3, -0.25) is 4.79 Å². The first-order valence-corrected chi connectivity index (χ1v) is 6.09. The molecule has 0 unspecified atom stereocenters. The van der Waals surface area contributed by atoms with E-state index in [1.165, 1.54) is 31.4 Å². The summed E-state index contributed by atoms with van der Waals surface area (Å²) in [6.07, 6.45) is 0. The Morgan fingerprint density at radius 1 is 1.35 bits per heavy atom. The van der Waals surface area contributed by atoms with Gasteiger partial charge in [-0.15, -0.1) is 0 Å². The Labute approximate surface area is 120 Å². The first-order valence-electron chi connectivity index (χ1n) is 5.72. The summed E-state index contributed by atoms with van der Waals surface area (Å²) < 4.78 is 18.7. The highest BCUT2D eigenvalue weighted by Crippen LogP contribution is 2.27. The number of para-hydroxylation sites is 1. The van der Waals surface area contributed by atoms with E-state index in [4.69, 9.17) is 22.1 Å². The lowest BCUT2D eigenvalue weighted by molar-refractivity contribution is 0.102. The number of nitrogens with two attached hydrogens (primary N) is 1. The van der Waals surface area contributed by atoms with Crippen molar-refractivity contribution in [3.8, 4) is 5.75 Å². The minimum atomic E-state index is -0.578. The van der Waals surface area contributed by atoms with Gasteiger partial charge >= 0.3 is 0 Å². The second-order valence-electron chi connectivity index (χ2n) is 4.01. The summed E-state index contributed by atoms with van der Waals surface area (Å²) in [6, 6.07) is 8.65. The molecule has 0 atom stereocenters. The van der Waals surface area contributed by atoms with Crippen molar-refractivity contribution in [1.29, 1.82) is 0 Å². The van der Waals surface area contributed by atoms with Gasteiger partial charge in [-0.25, -0.2) is 4.39 Å². The van der Waals surface area contributed by atoms with Gasteiger partial charge in [-0.05, 0) is 30.3 Å². The Kier molecular flexibility index (Phi) is 4.10. The highest BCUT2D eigenvalue weighted by Gasteiger charge is 2.16. The lowest BCUT2D eigenvalue weighted by atomic mass is 10.1. The third kappa shape index (κ3) is 2.83. The Bertz CT molecular complexity index is 662. The van der Waals surface area contributed by atoms with Gasteiger partial charge < -0.3 is 15.8 Å². The van der Waals surface area contributed by atoms with Gasteiger partial charge in [0.25, 0.3) is 5.91 Å². The molecule has 2 rings (SSSR count). The quantitative estimate of drug-likeness (QED) is 0.854. The number of carbonyl (C=O) groups is 1. The van der Waals surface area contributed by atoms with Crippen molar-refractivity contribution in [2.24, 2.45) is 0 Å². The molecule has 0 heterocycles. The van der Waals surface area contributed by atoms with Crippen LogP contribution in [0.3, 0.4) is 0 Å². The normalized spacial score (nSPS) is 10.2. The van der Waals surface area contributed by atoms with Crippen LogP contribution in [0.25, 0.3) is 0 Å². The number of methoxy groups -OCH3 is 1. The van der Waals surface area contributed by atoms with E-state index >= 15 is 0 Å². The average molecular weight is 295 g/mol. The first-order chi connectivity index (χ1) is 9.52. The van der Waals surface area contributed by atoms with Crippen LogP contribution in [0.2, 0.25) is 5.02 Å². The van der Waals surface area contributed by atoms with Crippen LogP contribution in [0, 0.1) is 5.82 Å². The molecular formula is C14H12ClFN2O2. The monoisotopic (exact) mass is 294 g/mol. The molecule has 0 aliphatic carbocycles. The number of halogens is 2. The van der Waals surface area contributed by atoms with Gasteiger partial charge in [0.15, 0.2) is 5.75 Å². The van der Waals surface area contributed by atoms with Crippen molar-refractivity contribution in [2.75, 3.05) is 18.2 Å². The third-order valence-electron chi connectivity index (χ3n) is 2.67. The summed E-state index contributed by atoms with van der Waals surface area (Å²) in [5.74, 6) is -0.867. The summed E-state index contributed by atoms with van der Waals surface area (Å²) in [5, 5.41) is 2.76. The van der Waals surface area contributed by atoms with Crippen molar-refractivity contribution in [3.05, 3.63) is 52.8 Å². The van der Waals surface area contributed by atoms with Crippen LogP contribution >= 0.6 is 11.6 Å². The van der Waals surface area contributed by atoms with Crippen molar-refractivity contribution in [2.45, 2.75) is 0 Å². The Hall–Kier alpha value is -2.27. The molecule has 0 aromatic heterocycles. The van der Waals surface area contributed by atoms with Gasteiger partial charge in [-0.2, -0.15) is 0 Å². The van der Waals surface area contributed by atoms with Crippen LogP contribution in [-0.4, -0.2) is 13.0 Å². The maximum absolute atomic E-state index is 13.6. The number of hydrogen-bond donors (Lipinski definition) is 2. The molecule has 1 amide bonds. The summed E-state index contributed by atoms with van der Waals surface area (Å²) in [6.45, 7) is 0. The van der Waals surface area contributed by atoms with Gasteiger partial charge in [0.05, 0.1) is 24.0 Å².